The Bertz CT molecular complexity index is 549. The fraction of sp³-hybridized carbons (Fsp3) is 0.278. The smallest absolute Gasteiger partial charge is 0.310 e. The van der Waals surface area contributed by atoms with Gasteiger partial charge in [-0.3, -0.25) is 4.79 Å². The lowest BCUT2D eigenvalue weighted by molar-refractivity contribution is -0.142. The van der Waals surface area contributed by atoms with Crippen molar-refractivity contribution in [3.63, 3.8) is 0 Å². The van der Waals surface area contributed by atoms with Gasteiger partial charge in [0.1, 0.15) is 0 Å². The van der Waals surface area contributed by atoms with Crippen molar-refractivity contribution in [3.8, 4) is 0 Å². The molecule has 2 rings (SSSR count). The highest BCUT2D eigenvalue weighted by molar-refractivity contribution is 5.72. The molecule has 0 fully saturated rings. The van der Waals surface area contributed by atoms with Crippen LogP contribution in [0.25, 0.3) is 0 Å². The summed E-state index contributed by atoms with van der Waals surface area (Å²) in [6.45, 7) is 3.14. The Hall–Kier alpha value is -2.29. The summed E-state index contributed by atoms with van der Waals surface area (Å²) in [5, 5.41) is 3.38. The molecular formula is C18H21NO2. The van der Waals surface area contributed by atoms with Crippen LogP contribution in [0.4, 0.5) is 5.69 Å². The normalized spacial score (nSPS) is 10.1. The first-order valence-electron chi connectivity index (χ1n) is 7.30. The quantitative estimate of drug-likeness (QED) is 0.791. The van der Waals surface area contributed by atoms with E-state index < -0.39 is 0 Å². The molecule has 0 saturated carbocycles. The van der Waals surface area contributed by atoms with Gasteiger partial charge in [-0.05, 0) is 36.6 Å². The molecule has 2 aromatic carbocycles. The lowest BCUT2D eigenvalue weighted by atomic mass is 10.1. The Kier molecular flexibility index (Phi) is 5.83. The fourth-order valence-corrected chi connectivity index (χ4v) is 2.11. The lowest BCUT2D eigenvalue weighted by Gasteiger charge is -2.07. The van der Waals surface area contributed by atoms with Gasteiger partial charge in [0.25, 0.3) is 0 Å². The molecule has 0 aliphatic heterocycles. The average molecular weight is 283 g/mol. The summed E-state index contributed by atoms with van der Waals surface area (Å²) >= 11 is 0. The topological polar surface area (TPSA) is 38.3 Å². The Morgan fingerprint density at radius 1 is 1.00 bits per heavy atom. The number of rotatable bonds is 7. The van der Waals surface area contributed by atoms with Gasteiger partial charge >= 0.3 is 5.97 Å². The minimum Gasteiger partial charge on any atom is -0.466 e. The van der Waals surface area contributed by atoms with Gasteiger partial charge in [-0.15, -0.1) is 0 Å². The average Bonchev–Trinajstić information content (AvgIpc) is 2.50. The first kappa shape index (κ1) is 15.1. The molecule has 0 aromatic heterocycles. The first-order chi connectivity index (χ1) is 10.3. The SMILES string of the molecule is CCOC(=O)Cc1ccc(CCNc2ccccc2)cc1. The lowest BCUT2D eigenvalue weighted by Crippen LogP contribution is -2.08. The second kappa shape index (κ2) is 8.10. The molecule has 0 amide bonds. The molecule has 0 unspecified atom stereocenters. The van der Waals surface area contributed by atoms with Gasteiger partial charge in [0, 0.05) is 12.2 Å². The predicted molar refractivity (Wildman–Crippen MR) is 85.4 cm³/mol. The molecule has 0 heterocycles. The fourth-order valence-electron chi connectivity index (χ4n) is 2.11. The number of hydrogen-bond acceptors (Lipinski definition) is 3. The van der Waals surface area contributed by atoms with Crippen LogP contribution >= 0.6 is 0 Å². The summed E-state index contributed by atoms with van der Waals surface area (Å²) in [6.07, 6.45) is 1.30. The monoisotopic (exact) mass is 283 g/mol. The van der Waals surface area contributed by atoms with E-state index in [0.717, 1.165) is 24.2 Å². The van der Waals surface area contributed by atoms with Crippen molar-refractivity contribution < 1.29 is 9.53 Å². The third-order valence-corrected chi connectivity index (χ3v) is 3.19. The molecule has 3 nitrogen and oxygen atoms in total. The molecule has 0 radical (unpaired) electrons. The zero-order valence-electron chi connectivity index (χ0n) is 12.3. The molecule has 0 aliphatic carbocycles. The number of benzene rings is 2. The van der Waals surface area contributed by atoms with Crippen LogP contribution in [0.3, 0.4) is 0 Å². The number of anilines is 1. The second-order valence-corrected chi connectivity index (χ2v) is 4.84. The van der Waals surface area contributed by atoms with Crippen LogP contribution in [0.15, 0.2) is 54.6 Å². The number of carbonyl (C=O) groups excluding carboxylic acids is 1. The molecule has 3 heteroatoms. The minimum absolute atomic E-state index is 0.170. The van der Waals surface area contributed by atoms with E-state index in [-0.39, 0.29) is 5.97 Å². The second-order valence-electron chi connectivity index (χ2n) is 4.84. The molecule has 1 N–H and O–H groups in total. The maximum absolute atomic E-state index is 11.4. The van der Waals surface area contributed by atoms with Gasteiger partial charge < -0.3 is 10.1 Å². The maximum Gasteiger partial charge on any atom is 0.310 e. The van der Waals surface area contributed by atoms with E-state index in [1.165, 1.54) is 5.56 Å². The summed E-state index contributed by atoms with van der Waals surface area (Å²) in [5.41, 5.74) is 3.38. The van der Waals surface area contributed by atoms with Crippen LogP contribution < -0.4 is 5.32 Å². The molecule has 0 saturated heterocycles. The van der Waals surface area contributed by atoms with E-state index in [4.69, 9.17) is 4.74 Å². The Labute approximate surface area is 126 Å². The van der Waals surface area contributed by atoms with Gasteiger partial charge in [-0.2, -0.15) is 0 Å². The van der Waals surface area contributed by atoms with E-state index in [2.05, 4.69) is 29.6 Å². The maximum atomic E-state index is 11.4. The van der Waals surface area contributed by atoms with Crippen molar-refractivity contribution in [1.29, 1.82) is 0 Å². The summed E-state index contributed by atoms with van der Waals surface area (Å²) < 4.78 is 4.94. The first-order valence-corrected chi connectivity index (χ1v) is 7.30. The summed E-state index contributed by atoms with van der Waals surface area (Å²) in [4.78, 5) is 11.4. The number of ether oxygens (including phenoxy) is 1. The molecule has 110 valence electrons. The highest BCUT2D eigenvalue weighted by atomic mass is 16.5. The molecule has 0 atom stereocenters. The molecule has 2 aromatic rings. The van der Waals surface area contributed by atoms with Gasteiger partial charge in [0.05, 0.1) is 13.0 Å². The van der Waals surface area contributed by atoms with Crippen molar-refractivity contribution >= 4 is 11.7 Å². The molecule has 0 aliphatic rings. The Morgan fingerprint density at radius 3 is 2.33 bits per heavy atom. The van der Waals surface area contributed by atoms with Crippen molar-refractivity contribution in [2.45, 2.75) is 19.8 Å². The number of esters is 1. The van der Waals surface area contributed by atoms with Crippen LogP contribution in [-0.2, 0) is 22.4 Å². The highest BCUT2D eigenvalue weighted by Gasteiger charge is 2.03. The summed E-state index contributed by atoms with van der Waals surface area (Å²) in [5.74, 6) is -0.170. The molecule has 0 spiro atoms. The largest absolute Gasteiger partial charge is 0.466 e. The third-order valence-electron chi connectivity index (χ3n) is 3.19. The van der Waals surface area contributed by atoms with Crippen molar-refractivity contribution in [2.24, 2.45) is 0 Å². The molecular weight excluding hydrogens is 262 g/mol. The summed E-state index contributed by atoms with van der Waals surface area (Å²) in [6, 6.07) is 18.3. The summed E-state index contributed by atoms with van der Waals surface area (Å²) in [7, 11) is 0. The van der Waals surface area contributed by atoms with Crippen LogP contribution in [-0.4, -0.2) is 19.1 Å². The Balaban J connectivity index is 1.78. The predicted octanol–water partition coefficient (Wildman–Crippen LogP) is 3.45. The van der Waals surface area contributed by atoms with Crippen molar-refractivity contribution in [1.82, 2.24) is 0 Å². The van der Waals surface area contributed by atoms with Crippen molar-refractivity contribution in [2.75, 3.05) is 18.5 Å². The van der Waals surface area contributed by atoms with E-state index in [0.29, 0.717) is 13.0 Å². The Morgan fingerprint density at radius 2 is 1.67 bits per heavy atom. The van der Waals surface area contributed by atoms with E-state index in [1.54, 1.807) is 0 Å². The zero-order valence-corrected chi connectivity index (χ0v) is 12.3. The van der Waals surface area contributed by atoms with Crippen LogP contribution in [0.2, 0.25) is 0 Å². The number of nitrogens with one attached hydrogen (secondary N) is 1. The van der Waals surface area contributed by atoms with Crippen LogP contribution in [0.5, 0.6) is 0 Å². The van der Waals surface area contributed by atoms with Crippen LogP contribution in [0, 0.1) is 0 Å². The minimum atomic E-state index is -0.170. The standard InChI is InChI=1S/C18H21NO2/c1-2-21-18(20)14-16-10-8-15(9-11-16)12-13-19-17-6-4-3-5-7-17/h3-11,19H,2,12-14H2,1H3. The van der Waals surface area contributed by atoms with Gasteiger partial charge in [-0.1, -0.05) is 42.5 Å². The molecule has 0 bridgehead atoms. The zero-order chi connectivity index (χ0) is 14.9. The molecule has 21 heavy (non-hydrogen) atoms. The van der Waals surface area contributed by atoms with Crippen molar-refractivity contribution in [3.05, 3.63) is 65.7 Å². The highest BCUT2D eigenvalue weighted by Crippen LogP contribution is 2.08. The van der Waals surface area contributed by atoms with Gasteiger partial charge in [0.15, 0.2) is 0 Å². The van der Waals surface area contributed by atoms with Gasteiger partial charge in [0.2, 0.25) is 0 Å². The van der Waals surface area contributed by atoms with E-state index >= 15 is 0 Å². The number of para-hydroxylation sites is 1. The van der Waals surface area contributed by atoms with E-state index in [1.807, 2.05) is 37.3 Å². The number of carbonyl (C=O) groups is 1. The van der Waals surface area contributed by atoms with Crippen LogP contribution in [0.1, 0.15) is 18.1 Å². The van der Waals surface area contributed by atoms with Gasteiger partial charge in [-0.25, -0.2) is 0 Å². The van der Waals surface area contributed by atoms with E-state index in [9.17, 15) is 4.79 Å². The third kappa shape index (κ3) is 5.30. The number of hydrogen-bond donors (Lipinski definition) is 1.